The number of nitrogens with zero attached hydrogens (tertiary/aromatic N) is 3. The number of fused-ring (bicyclic) bond motifs is 2. The van der Waals surface area contributed by atoms with E-state index in [1.165, 1.54) is 5.56 Å². The zero-order chi connectivity index (χ0) is 19.7. The SMILES string of the molecule is CCCn1cnc2cc(NC(=O)N3CCc4ccc(OC)cc4[C@@H]3C)ccc21. The molecule has 1 aliphatic heterocycles. The Balaban J connectivity index is 1.52. The number of ether oxygens (including phenoxy) is 1. The number of hydrogen-bond donors (Lipinski definition) is 1. The summed E-state index contributed by atoms with van der Waals surface area (Å²) in [5, 5.41) is 3.04. The first-order valence-electron chi connectivity index (χ1n) is 9.80. The molecule has 146 valence electrons. The van der Waals surface area contributed by atoms with Crippen LogP contribution >= 0.6 is 0 Å². The van der Waals surface area contributed by atoms with Gasteiger partial charge in [-0.3, -0.25) is 0 Å². The summed E-state index contributed by atoms with van der Waals surface area (Å²) in [6.07, 6.45) is 3.76. The lowest BCUT2D eigenvalue weighted by atomic mass is 9.93. The number of imidazole rings is 1. The number of nitrogens with one attached hydrogen (secondary N) is 1. The maximum atomic E-state index is 12.9. The summed E-state index contributed by atoms with van der Waals surface area (Å²) in [6.45, 7) is 5.84. The van der Waals surface area contributed by atoms with E-state index in [9.17, 15) is 4.79 Å². The lowest BCUT2D eigenvalue weighted by Gasteiger charge is -2.35. The van der Waals surface area contributed by atoms with Gasteiger partial charge in [0.05, 0.1) is 30.5 Å². The molecule has 4 rings (SSSR count). The third-order valence-corrected chi connectivity index (χ3v) is 5.49. The fraction of sp³-hybridized carbons (Fsp3) is 0.364. The van der Waals surface area contributed by atoms with Crippen molar-refractivity contribution in [3.05, 3.63) is 53.9 Å². The van der Waals surface area contributed by atoms with Crippen molar-refractivity contribution in [1.82, 2.24) is 14.5 Å². The number of amides is 2. The minimum atomic E-state index is -0.0895. The van der Waals surface area contributed by atoms with Gasteiger partial charge >= 0.3 is 6.03 Å². The van der Waals surface area contributed by atoms with E-state index in [0.29, 0.717) is 6.54 Å². The Morgan fingerprint density at radius 3 is 2.93 bits per heavy atom. The Labute approximate surface area is 165 Å². The summed E-state index contributed by atoms with van der Waals surface area (Å²) < 4.78 is 7.49. The van der Waals surface area contributed by atoms with E-state index in [0.717, 1.165) is 47.4 Å². The molecule has 0 saturated carbocycles. The van der Waals surface area contributed by atoms with E-state index in [2.05, 4.69) is 34.8 Å². The third-order valence-electron chi connectivity index (χ3n) is 5.49. The van der Waals surface area contributed by atoms with Crippen LogP contribution in [0.1, 0.15) is 37.4 Å². The molecule has 0 unspecified atom stereocenters. The summed E-state index contributed by atoms with van der Waals surface area (Å²) in [5.74, 6) is 0.820. The van der Waals surface area contributed by atoms with Gasteiger partial charge in [0.2, 0.25) is 0 Å². The number of rotatable bonds is 4. The van der Waals surface area contributed by atoms with Crippen molar-refractivity contribution in [2.24, 2.45) is 0 Å². The van der Waals surface area contributed by atoms with Crippen LogP contribution in [-0.4, -0.2) is 34.1 Å². The molecule has 2 heterocycles. The number of aryl methyl sites for hydroxylation is 1. The Bertz CT molecular complexity index is 1010. The van der Waals surface area contributed by atoms with E-state index in [1.807, 2.05) is 41.6 Å². The van der Waals surface area contributed by atoms with Gasteiger partial charge in [0.1, 0.15) is 5.75 Å². The molecule has 2 aromatic carbocycles. The summed E-state index contributed by atoms with van der Waals surface area (Å²) >= 11 is 0. The molecule has 0 aliphatic carbocycles. The fourth-order valence-corrected chi connectivity index (χ4v) is 3.95. The number of hydrogen-bond acceptors (Lipinski definition) is 3. The molecule has 0 saturated heterocycles. The summed E-state index contributed by atoms with van der Waals surface area (Å²) in [5.41, 5.74) is 5.18. The van der Waals surface area contributed by atoms with E-state index in [-0.39, 0.29) is 12.1 Å². The topological polar surface area (TPSA) is 59.4 Å². The molecule has 0 bridgehead atoms. The van der Waals surface area contributed by atoms with Gasteiger partial charge in [-0.1, -0.05) is 13.0 Å². The molecule has 1 aromatic heterocycles. The molecule has 2 amide bonds. The van der Waals surface area contributed by atoms with Crippen molar-refractivity contribution < 1.29 is 9.53 Å². The standard InChI is InChI=1S/C22H26N4O2/c1-4-10-25-14-23-20-12-17(6-8-21(20)25)24-22(27)26-11-9-16-5-7-18(28-3)13-19(16)15(26)2/h5-8,12-15H,4,9-11H2,1-3H3,(H,24,27)/t15-/m0/s1. The van der Waals surface area contributed by atoms with Crippen LogP contribution in [0.5, 0.6) is 5.75 Å². The molecule has 1 atom stereocenters. The minimum absolute atomic E-state index is 0.00801. The molecule has 0 spiro atoms. The predicted octanol–water partition coefficient (Wildman–Crippen LogP) is 4.61. The van der Waals surface area contributed by atoms with Crippen LogP contribution in [0.25, 0.3) is 11.0 Å². The third kappa shape index (κ3) is 3.30. The van der Waals surface area contributed by atoms with E-state index in [4.69, 9.17) is 4.74 Å². The number of urea groups is 1. The lowest BCUT2D eigenvalue weighted by Crippen LogP contribution is -2.41. The van der Waals surface area contributed by atoms with Gasteiger partial charge in [-0.25, -0.2) is 9.78 Å². The number of benzene rings is 2. The largest absolute Gasteiger partial charge is 0.497 e. The summed E-state index contributed by atoms with van der Waals surface area (Å²) in [4.78, 5) is 19.3. The Kier molecular flexibility index (Phi) is 4.94. The van der Waals surface area contributed by atoms with Crippen molar-refractivity contribution in [2.75, 3.05) is 19.0 Å². The van der Waals surface area contributed by atoms with Crippen molar-refractivity contribution >= 4 is 22.8 Å². The maximum absolute atomic E-state index is 12.9. The van der Waals surface area contributed by atoms with Gasteiger partial charge in [0.25, 0.3) is 0 Å². The first kappa shape index (κ1) is 18.3. The molecular formula is C22H26N4O2. The summed E-state index contributed by atoms with van der Waals surface area (Å²) in [7, 11) is 1.66. The van der Waals surface area contributed by atoms with E-state index < -0.39 is 0 Å². The van der Waals surface area contributed by atoms with Crippen molar-refractivity contribution in [3.8, 4) is 5.75 Å². The van der Waals surface area contributed by atoms with Crippen LogP contribution in [0.3, 0.4) is 0 Å². The van der Waals surface area contributed by atoms with Gasteiger partial charge in [0, 0.05) is 18.8 Å². The molecule has 1 N–H and O–H groups in total. The maximum Gasteiger partial charge on any atom is 0.322 e. The van der Waals surface area contributed by atoms with Crippen LogP contribution in [0.4, 0.5) is 10.5 Å². The number of anilines is 1. The average Bonchev–Trinajstić information content (AvgIpc) is 3.10. The summed E-state index contributed by atoms with van der Waals surface area (Å²) in [6, 6.07) is 11.9. The smallest absolute Gasteiger partial charge is 0.322 e. The van der Waals surface area contributed by atoms with Gasteiger partial charge in [-0.15, -0.1) is 0 Å². The highest BCUT2D eigenvalue weighted by Gasteiger charge is 2.28. The molecule has 3 aromatic rings. The molecule has 6 heteroatoms. The van der Waals surface area contributed by atoms with E-state index in [1.54, 1.807) is 7.11 Å². The number of methoxy groups -OCH3 is 1. The Hall–Kier alpha value is -3.02. The minimum Gasteiger partial charge on any atom is -0.497 e. The predicted molar refractivity (Wildman–Crippen MR) is 111 cm³/mol. The van der Waals surface area contributed by atoms with Crippen LogP contribution in [-0.2, 0) is 13.0 Å². The zero-order valence-corrected chi connectivity index (χ0v) is 16.6. The second kappa shape index (κ2) is 7.54. The normalized spacial score (nSPS) is 16.1. The van der Waals surface area contributed by atoms with E-state index >= 15 is 0 Å². The molecule has 1 aliphatic rings. The monoisotopic (exact) mass is 378 g/mol. The van der Waals surface area contributed by atoms with Crippen LogP contribution in [0.15, 0.2) is 42.7 Å². The second-order valence-electron chi connectivity index (χ2n) is 7.26. The second-order valence-corrected chi connectivity index (χ2v) is 7.26. The first-order chi connectivity index (χ1) is 13.6. The van der Waals surface area contributed by atoms with Gasteiger partial charge in [0.15, 0.2) is 0 Å². The van der Waals surface area contributed by atoms with Crippen LogP contribution in [0.2, 0.25) is 0 Å². The van der Waals surface area contributed by atoms with Gasteiger partial charge < -0.3 is 19.5 Å². The van der Waals surface area contributed by atoms with Gasteiger partial charge in [-0.05, 0) is 61.2 Å². The first-order valence-corrected chi connectivity index (χ1v) is 9.80. The molecule has 0 fully saturated rings. The fourth-order valence-electron chi connectivity index (χ4n) is 3.95. The van der Waals surface area contributed by atoms with Crippen molar-refractivity contribution in [3.63, 3.8) is 0 Å². The Morgan fingerprint density at radius 1 is 1.29 bits per heavy atom. The Morgan fingerprint density at radius 2 is 2.14 bits per heavy atom. The zero-order valence-electron chi connectivity index (χ0n) is 16.6. The molecule has 6 nitrogen and oxygen atoms in total. The highest BCUT2D eigenvalue weighted by molar-refractivity contribution is 5.92. The molecular weight excluding hydrogens is 352 g/mol. The molecule has 0 radical (unpaired) electrons. The van der Waals surface area contributed by atoms with Crippen LogP contribution in [0, 0.1) is 0 Å². The number of carbonyl (C=O) groups excluding carboxylic acids is 1. The van der Waals surface area contributed by atoms with Crippen molar-refractivity contribution in [1.29, 1.82) is 0 Å². The highest BCUT2D eigenvalue weighted by atomic mass is 16.5. The number of aromatic nitrogens is 2. The lowest BCUT2D eigenvalue weighted by molar-refractivity contribution is 0.188. The number of carbonyl (C=O) groups is 1. The van der Waals surface area contributed by atoms with Crippen LogP contribution < -0.4 is 10.1 Å². The van der Waals surface area contributed by atoms with Crippen molar-refractivity contribution in [2.45, 2.75) is 39.3 Å². The molecule has 28 heavy (non-hydrogen) atoms. The average molecular weight is 378 g/mol. The quantitative estimate of drug-likeness (QED) is 0.721. The highest BCUT2D eigenvalue weighted by Crippen LogP contribution is 2.32. The van der Waals surface area contributed by atoms with Gasteiger partial charge in [-0.2, -0.15) is 0 Å².